The quantitative estimate of drug-likeness (QED) is 0.272. The molecular formula is C25H23N3O6S. The molecule has 2 aromatic carbocycles. The predicted octanol–water partition coefficient (Wildman–Crippen LogP) is 2.37. The van der Waals surface area contributed by atoms with Crippen molar-refractivity contribution in [3.05, 3.63) is 84.5 Å². The third kappa shape index (κ3) is 5.55. The molecule has 4 rings (SSSR count). The highest BCUT2D eigenvalue weighted by Crippen LogP contribution is 2.28. The standard InChI is InChI=1S/C25H23N3O6S/c1-4-11-33-18-8-5-16(6-9-18)12-19-23(30)26-25-28(27-19)24(31)22(35-25)14-17-7-10-20(34-15(2)29)21(13-17)32-3/h5-10,13-14H,4,11-12H2,1-3H3/b22-14-. The van der Waals surface area contributed by atoms with Gasteiger partial charge in [-0.2, -0.15) is 14.6 Å². The van der Waals surface area contributed by atoms with E-state index in [2.05, 4.69) is 10.1 Å². The number of esters is 1. The van der Waals surface area contributed by atoms with Crippen LogP contribution >= 0.6 is 11.3 Å². The molecule has 0 N–H and O–H groups in total. The summed E-state index contributed by atoms with van der Waals surface area (Å²) < 4.78 is 17.5. The largest absolute Gasteiger partial charge is 0.494 e. The molecule has 0 radical (unpaired) electrons. The predicted molar refractivity (Wildman–Crippen MR) is 132 cm³/mol. The Kier molecular flexibility index (Phi) is 7.21. The van der Waals surface area contributed by atoms with Crippen LogP contribution in [-0.2, 0) is 11.2 Å². The van der Waals surface area contributed by atoms with Crippen molar-refractivity contribution in [1.29, 1.82) is 0 Å². The molecule has 0 amide bonds. The van der Waals surface area contributed by atoms with Gasteiger partial charge in [0.15, 0.2) is 11.5 Å². The number of benzene rings is 2. The van der Waals surface area contributed by atoms with Crippen LogP contribution in [0, 0.1) is 0 Å². The summed E-state index contributed by atoms with van der Waals surface area (Å²) in [7, 11) is 1.46. The molecule has 0 saturated carbocycles. The van der Waals surface area contributed by atoms with Gasteiger partial charge in [-0.25, -0.2) is 0 Å². The van der Waals surface area contributed by atoms with Crippen molar-refractivity contribution in [2.45, 2.75) is 26.7 Å². The van der Waals surface area contributed by atoms with E-state index in [4.69, 9.17) is 14.2 Å². The monoisotopic (exact) mass is 493 g/mol. The van der Waals surface area contributed by atoms with Crippen molar-refractivity contribution in [3.8, 4) is 17.2 Å². The lowest BCUT2D eigenvalue weighted by Gasteiger charge is -2.08. The highest BCUT2D eigenvalue weighted by atomic mass is 32.1. The Hall–Kier alpha value is -4.05. The summed E-state index contributed by atoms with van der Waals surface area (Å²) in [5.74, 6) is 0.914. The number of rotatable bonds is 8. The fraction of sp³-hybridized carbons (Fsp3) is 0.240. The van der Waals surface area contributed by atoms with Crippen LogP contribution in [0.4, 0.5) is 0 Å². The molecule has 2 aromatic heterocycles. The van der Waals surface area contributed by atoms with Crippen molar-refractivity contribution >= 4 is 28.3 Å². The molecule has 4 aromatic rings. The first-order valence-electron chi connectivity index (χ1n) is 10.9. The number of ether oxygens (including phenoxy) is 3. The van der Waals surface area contributed by atoms with Gasteiger partial charge < -0.3 is 14.2 Å². The second-order valence-corrected chi connectivity index (χ2v) is 8.66. The maximum absolute atomic E-state index is 13.0. The van der Waals surface area contributed by atoms with Crippen molar-refractivity contribution < 1.29 is 19.0 Å². The molecule has 0 atom stereocenters. The van der Waals surface area contributed by atoms with Crippen LogP contribution in [0.2, 0.25) is 0 Å². The van der Waals surface area contributed by atoms with E-state index in [1.807, 2.05) is 31.2 Å². The van der Waals surface area contributed by atoms with Crippen LogP contribution < -0.4 is 29.9 Å². The summed E-state index contributed by atoms with van der Waals surface area (Å²) in [6.07, 6.45) is 2.80. The Morgan fingerprint density at radius 1 is 1.11 bits per heavy atom. The van der Waals surface area contributed by atoms with Crippen LogP contribution in [0.3, 0.4) is 0 Å². The maximum Gasteiger partial charge on any atom is 0.308 e. The Labute approximate surface area is 204 Å². The molecule has 0 bridgehead atoms. The molecule has 0 saturated heterocycles. The van der Waals surface area contributed by atoms with Gasteiger partial charge >= 0.3 is 5.97 Å². The van der Waals surface area contributed by atoms with E-state index in [0.29, 0.717) is 22.5 Å². The molecule has 0 aliphatic heterocycles. The minimum atomic E-state index is -0.475. The fourth-order valence-corrected chi connectivity index (χ4v) is 4.24. The highest BCUT2D eigenvalue weighted by molar-refractivity contribution is 7.15. The SMILES string of the molecule is CCCOc1ccc(Cc2nn3c(=O)/c(=C/c4ccc(OC(C)=O)c(OC)c4)sc3nc2=O)cc1. The van der Waals surface area contributed by atoms with E-state index >= 15 is 0 Å². The first-order valence-corrected chi connectivity index (χ1v) is 11.7. The summed E-state index contributed by atoms with van der Waals surface area (Å²) in [4.78, 5) is 41.1. The molecule has 2 heterocycles. The third-order valence-electron chi connectivity index (χ3n) is 4.96. The Morgan fingerprint density at radius 2 is 1.89 bits per heavy atom. The van der Waals surface area contributed by atoms with E-state index in [0.717, 1.165) is 33.6 Å². The van der Waals surface area contributed by atoms with Crippen LogP contribution in [0.1, 0.15) is 37.1 Å². The number of hydrogen-bond acceptors (Lipinski definition) is 9. The molecule has 0 aliphatic carbocycles. The lowest BCUT2D eigenvalue weighted by atomic mass is 10.1. The molecule has 0 unspecified atom stereocenters. The average Bonchev–Trinajstić information content (AvgIpc) is 3.13. The normalized spacial score (nSPS) is 11.6. The van der Waals surface area contributed by atoms with Gasteiger partial charge in [-0.05, 0) is 47.9 Å². The van der Waals surface area contributed by atoms with Crippen molar-refractivity contribution in [3.63, 3.8) is 0 Å². The van der Waals surface area contributed by atoms with Crippen molar-refractivity contribution in [1.82, 2.24) is 14.6 Å². The molecule has 0 spiro atoms. The fourth-order valence-electron chi connectivity index (χ4n) is 3.33. The highest BCUT2D eigenvalue weighted by Gasteiger charge is 2.13. The minimum absolute atomic E-state index is 0.179. The van der Waals surface area contributed by atoms with Crippen LogP contribution in [0.15, 0.2) is 52.1 Å². The third-order valence-corrected chi connectivity index (χ3v) is 5.92. The van der Waals surface area contributed by atoms with Gasteiger partial charge in [-0.3, -0.25) is 14.4 Å². The lowest BCUT2D eigenvalue weighted by Crippen LogP contribution is -2.28. The number of carbonyl (C=O) groups is 1. The van der Waals surface area contributed by atoms with E-state index in [-0.39, 0.29) is 28.4 Å². The van der Waals surface area contributed by atoms with Crippen LogP contribution in [-0.4, -0.2) is 34.3 Å². The number of aromatic nitrogens is 3. The average molecular weight is 494 g/mol. The number of methoxy groups -OCH3 is 1. The number of nitrogens with zero attached hydrogens (tertiary/aromatic N) is 3. The van der Waals surface area contributed by atoms with Crippen molar-refractivity contribution in [2.75, 3.05) is 13.7 Å². The topological polar surface area (TPSA) is 109 Å². The van der Waals surface area contributed by atoms with Gasteiger partial charge in [-0.1, -0.05) is 36.5 Å². The second kappa shape index (κ2) is 10.5. The molecule has 0 fully saturated rings. The Bertz CT molecular complexity index is 1540. The van der Waals surface area contributed by atoms with Crippen LogP contribution in [0.25, 0.3) is 11.0 Å². The summed E-state index contributed by atoms with van der Waals surface area (Å²) in [6, 6.07) is 12.3. The molecular weight excluding hydrogens is 470 g/mol. The number of carbonyl (C=O) groups excluding carboxylic acids is 1. The Balaban J connectivity index is 1.66. The lowest BCUT2D eigenvalue weighted by molar-refractivity contribution is -0.132. The summed E-state index contributed by atoms with van der Waals surface area (Å²) >= 11 is 1.06. The summed E-state index contributed by atoms with van der Waals surface area (Å²) in [5.41, 5.74) is 0.824. The van der Waals surface area contributed by atoms with Gasteiger partial charge in [0.1, 0.15) is 11.4 Å². The zero-order valence-corrected chi connectivity index (χ0v) is 20.3. The molecule has 0 aliphatic rings. The summed E-state index contributed by atoms with van der Waals surface area (Å²) in [5, 5.41) is 4.29. The number of hydrogen-bond donors (Lipinski definition) is 0. The zero-order valence-electron chi connectivity index (χ0n) is 19.4. The van der Waals surface area contributed by atoms with E-state index in [1.54, 1.807) is 24.3 Å². The van der Waals surface area contributed by atoms with Gasteiger partial charge in [-0.15, -0.1) is 0 Å². The molecule has 9 nitrogen and oxygen atoms in total. The van der Waals surface area contributed by atoms with E-state index < -0.39 is 11.5 Å². The first-order chi connectivity index (χ1) is 16.9. The molecule has 180 valence electrons. The maximum atomic E-state index is 13.0. The molecule has 35 heavy (non-hydrogen) atoms. The number of thiazole rings is 1. The van der Waals surface area contributed by atoms with Crippen LogP contribution in [0.5, 0.6) is 17.2 Å². The second-order valence-electron chi connectivity index (χ2n) is 7.65. The summed E-state index contributed by atoms with van der Waals surface area (Å²) in [6.45, 7) is 3.97. The minimum Gasteiger partial charge on any atom is -0.494 e. The first kappa shape index (κ1) is 24.1. The van der Waals surface area contributed by atoms with Gasteiger partial charge in [0.25, 0.3) is 11.1 Å². The van der Waals surface area contributed by atoms with E-state index in [1.165, 1.54) is 14.0 Å². The van der Waals surface area contributed by atoms with Crippen molar-refractivity contribution in [2.24, 2.45) is 0 Å². The number of fused-ring (bicyclic) bond motifs is 1. The molecule has 10 heteroatoms. The van der Waals surface area contributed by atoms with Gasteiger partial charge in [0.05, 0.1) is 18.2 Å². The smallest absolute Gasteiger partial charge is 0.308 e. The zero-order chi connectivity index (χ0) is 24.9. The van der Waals surface area contributed by atoms with E-state index in [9.17, 15) is 14.4 Å². The Morgan fingerprint density at radius 3 is 2.57 bits per heavy atom. The van der Waals surface area contributed by atoms with Gasteiger partial charge in [0.2, 0.25) is 4.96 Å². The van der Waals surface area contributed by atoms with Gasteiger partial charge in [0, 0.05) is 13.3 Å².